The standard InChI is InChI=1S/C20H34N6O9/c1-9(2)7-10(21)17(31)24-11(3-5-14(22)27)18(32)25-12(4-6-16(29)30)19(33)26-13(20(34)35)8-15(23)28/h9-13H,3-8,21H2,1-2H3,(H2,22,27)(H2,23,28)(H,24,31)(H,25,32)(H,26,33)(H,29,30)(H,34,35). The Kier molecular flexibility index (Phi) is 13.6. The van der Waals surface area contributed by atoms with Crippen molar-refractivity contribution >= 4 is 41.5 Å². The van der Waals surface area contributed by atoms with Crippen LogP contribution in [0.1, 0.15) is 52.4 Å². The van der Waals surface area contributed by atoms with E-state index in [4.69, 9.17) is 27.4 Å². The van der Waals surface area contributed by atoms with E-state index in [-0.39, 0.29) is 18.8 Å². The molecular formula is C20H34N6O9. The Morgan fingerprint density at radius 3 is 1.57 bits per heavy atom. The van der Waals surface area contributed by atoms with Crippen molar-refractivity contribution in [1.29, 1.82) is 0 Å². The van der Waals surface area contributed by atoms with Crippen LogP contribution in [0.25, 0.3) is 0 Å². The zero-order chi connectivity index (χ0) is 27.3. The lowest BCUT2D eigenvalue weighted by molar-refractivity contribution is -0.144. The molecule has 35 heavy (non-hydrogen) atoms. The van der Waals surface area contributed by atoms with E-state index < -0.39 is 84.9 Å². The fourth-order valence-electron chi connectivity index (χ4n) is 2.93. The van der Waals surface area contributed by atoms with Gasteiger partial charge in [-0.1, -0.05) is 13.8 Å². The summed E-state index contributed by atoms with van der Waals surface area (Å²) >= 11 is 0. The second-order valence-corrected chi connectivity index (χ2v) is 8.37. The van der Waals surface area contributed by atoms with Crippen LogP contribution in [0, 0.1) is 5.92 Å². The third-order valence-corrected chi connectivity index (χ3v) is 4.67. The highest BCUT2D eigenvalue weighted by Gasteiger charge is 2.31. The van der Waals surface area contributed by atoms with Crippen LogP contribution in [0.15, 0.2) is 0 Å². The van der Waals surface area contributed by atoms with Gasteiger partial charge in [0.15, 0.2) is 0 Å². The van der Waals surface area contributed by atoms with Gasteiger partial charge in [0.05, 0.1) is 12.5 Å². The number of hydrogen-bond acceptors (Lipinski definition) is 8. The van der Waals surface area contributed by atoms with Crippen LogP contribution < -0.4 is 33.2 Å². The molecule has 0 radical (unpaired) electrons. The molecule has 0 aromatic rings. The lowest BCUT2D eigenvalue weighted by Gasteiger charge is -2.25. The molecule has 0 aromatic heterocycles. The number of amides is 5. The summed E-state index contributed by atoms with van der Waals surface area (Å²) in [5.41, 5.74) is 15.9. The summed E-state index contributed by atoms with van der Waals surface area (Å²) in [6.07, 6.45) is -2.01. The maximum absolute atomic E-state index is 12.9. The first-order valence-corrected chi connectivity index (χ1v) is 10.8. The Bertz CT molecular complexity index is 817. The van der Waals surface area contributed by atoms with E-state index in [9.17, 15) is 33.6 Å². The van der Waals surface area contributed by atoms with Crippen molar-refractivity contribution < 1.29 is 43.8 Å². The predicted octanol–water partition coefficient (Wildman–Crippen LogP) is -3.10. The van der Waals surface area contributed by atoms with Gasteiger partial charge in [-0.05, 0) is 25.2 Å². The van der Waals surface area contributed by atoms with Crippen molar-refractivity contribution in [3.63, 3.8) is 0 Å². The van der Waals surface area contributed by atoms with Crippen molar-refractivity contribution in [3.05, 3.63) is 0 Å². The average molecular weight is 503 g/mol. The second kappa shape index (κ2) is 15.2. The van der Waals surface area contributed by atoms with E-state index in [2.05, 4.69) is 10.6 Å². The van der Waals surface area contributed by atoms with Crippen LogP contribution in [0.2, 0.25) is 0 Å². The zero-order valence-corrected chi connectivity index (χ0v) is 19.6. The molecule has 0 saturated heterocycles. The Morgan fingerprint density at radius 1 is 0.714 bits per heavy atom. The molecule has 0 saturated carbocycles. The van der Waals surface area contributed by atoms with Crippen LogP contribution in [0.5, 0.6) is 0 Å². The molecule has 15 heteroatoms. The normalized spacial score (nSPS) is 14.2. The van der Waals surface area contributed by atoms with Gasteiger partial charge in [0.25, 0.3) is 0 Å². The van der Waals surface area contributed by atoms with Gasteiger partial charge in [-0.2, -0.15) is 0 Å². The molecule has 0 heterocycles. The molecular weight excluding hydrogens is 468 g/mol. The summed E-state index contributed by atoms with van der Waals surface area (Å²) in [7, 11) is 0. The smallest absolute Gasteiger partial charge is 0.326 e. The number of primary amides is 2. The highest BCUT2D eigenvalue weighted by Crippen LogP contribution is 2.07. The summed E-state index contributed by atoms with van der Waals surface area (Å²) < 4.78 is 0. The molecule has 4 atom stereocenters. The summed E-state index contributed by atoms with van der Waals surface area (Å²) in [6, 6.07) is -5.58. The highest BCUT2D eigenvalue weighted by atomic mass is 16.4. The lowest BCUT2D eigenvalue weighted by Crippen LogP contribution is -2.57. The fourth-order valence-corrected chi connectivity index (χ4v) is 2.93. The van der Waals surface area contributed by atoms with Gasteiger partial charge in [0, 0.05) is 12.8 Å². The molecule has 198 valence electrons. The van der Waals surface area contributed by atoms with Gasteiger partial charge in [-0.3, -0.25) is 28.8 Å². The van der Waals surface area contributed by atoms with Gasteiger partial charge in [-0.25, -0.2) is 4.79 Å². The molecule has 11 N–H and O–H groups in total. The van der Waals surface area contributed by atoms with Crippen LogP contribution in [-0.2, 0) is 33.6 Å². The minimum absolute atomic E-state index is 0.0697. The summed E-state index contributed by atoms with van der Waals surface area (Å²) in [5.74, 6) is -7.33. The van der Waals surface area contributed by atoms with Crippen molar-refractivity contribution in [2.45, 2.75) is 76.5 Å². The number of aliphatic carboxylic acids is 2. The quantitative estimate of drug-likeness (QED) is 0.0991. The Morgan fingerprint density at radius 2 is 1.17 bits per heavy atom. The number of carboxylic acid groups (broad SMARTS) is 2. The Balaban J connectivity index is 5.65. The third-order valence-electron chi connectivity index (χ3n) is 4.67. The Labute approximate surface area is 201 Å². The molecule has 15 nitrogen and oxygen atoms in total. The van der Waals surface area contributed by atoms with Gasteiger partial charge in [0.2, 0.25) is 29.5 Å². The maximum Gasteiger partial charge on any atom is 0.326 e. The topological polar surface area (TPSA) is 274 Å². The average Bonchev–Trinajstić information content (AvgIpc) is 2.71. The van der Waals surface area contributed by atoms with E-state index in [0.29, 0.717) is 6.42 Å². The lowest BCUT2D eigenvalue weighted by atomic mass is 10.0. The number of nitrogens with two attached hydrogens (primary N) is 3. The summed E-state index contributed by atoms with van der Waals surface area (Å²) in [6.45, 7) is 3.66. The van der Waals surface area contributed by atoms with Gasteiger partial charge in [0.1, 0.15) is 18.1 Å². The van der Waals surface area contributed by atoms with E-state index in [1.807, 2.05) is 19.2 Å². The van der Waals surface area contributed by atoms with Gasteiger partial charge >= 0.3 is 11.9 Å². The molecule has 0 aromatic carbocycles. The molecule has 0 spiro atoms. The van der Waals surface area contributed by atoms with Crippen LogP contribution >= 0.6 is 0 Å². The molecule has 0 aliphatic rings. The van der Waals surface area contributed by atoms with Crippen LogP contribution in [-0.4, -0.2) is 75.9 Å². The first-order valence-electron chi connectivity index (χ1n) is 10.8. The van der Waals surface area contributed by atoms with Crippen LogP contribution in [0.3, 0.4) is 0 Å². The minimum atomic E-state index is -1.72. The second-order valence-electron chi connectivity index (χ2n) is 8.37. The number of carbonyl (C=O) groups excluding carboxylic acids is 5. The SMILES string of the molecule is CC(C)CC(N)C(=O)NC(CCC(N)=O)C(=O)NC(CCC(=O)O)C(=O)NC(CC(N)=O)C(=O)O. The number of carboxylic acids is 2. The summed E-state index contributed by atoms with van der Waals surface area (Å²) in [4.78, 5) is 82.4. The van der Waals surface area contributed by atoms with Gasteiger partial charge in [-0.15, -0.1) is 0 Å². The molecule has 0 aliphatic heterocycles. The van der Waals surface area contributed by atoms with E-state index >= 15 is 0 Å². The number of nitrogens with one attached hydrogen (secondary N) is 3. The van der Waals surface area contributed by atoms with Crippen molar-refractivity contribution in [3.8, 4) is 0 Å². The molecule has 0 fully saturated rings. The molecule has 0 rings (SSSR count). The first-order chi connectivity index (χ1) is 16.1. The van der Waals surface area contributed by atoms with Crippen molar-refractivity contribution in [2.24, 2.45) is 23.1 Å². The van der Waals surface area contributed by atoms with E-state index in [1.54, 1.807) is 0 Å². The van der Waals surface area contributed by atoms with Crippen molar-refractivity contribution in [1.82, 2.24) is 16.0 Å². The fraction of sp³-hybridized carbons (Fsp3) is 0.650. The first kappa shape index (κ1) is 31.2. The molecule has 0 aliphatic carbocycles. The minimum Gasteiger partial charge on any atom is -0.481 e. The van der Waals surface area contributed by atoms with E-state index in [0.717, 1.165) is 0 Å². The maximum atomic E-state index is 12.9. The molecule has 4 unspecified atom stereocenters. The Hall–Kier alpha value is -3.75. The number of rotatable bonds is 17. The van der Waals surface area contributed by atoms with E-state index in [1.165, 1.54) is 0 Å². The number of carbonyl (C=O) groups is 7. The zero-order valence-electron chi connectivity index (χ0n) is 19.6. The highest BCUT2D eigenvalue weighted by molar-refractivity contribution is 5.95. The third kappa shape index (κ3) is 13.5. The predicted molar refractivity (Wildman–Crippen MR) is 120 cm³/mol. The molecule has 5 amide bonds. The molecule has 0 bridgehead atoms. The monoisotopic (exact) mass is 502 g/mol. The van der Waals surface area contributed by atoms with Crippen molar-refractivity contribution in [2.75, 3.05) is 0 Å². The van der Waals surface area contributed by atoms with Crippen LogP contribution in [0.4, 0.5) is 0 Å². The largest absolute Gasteiger partial charge is 0.481 e. The number of hydrogen-bond donors (Lipinski definition) is 8. The van der Waals surface area contributed by atoms with Gasteiger partial charge < -0.3 is 43.4 Å². The summed E-state index contributed by atoms with van der Waals surface area (Å²) in [5, 5.41) is 24.8.